The normalized spacial score (nSPS) is 13.5. The van der Waals surface area contributed by atoms with Crippen LogP contribution in [0.5, 0.6) is 5.75 Å². The number of nitrogens with one attached hydrogen (secondary N) is 3. The molecule has 1 heterocycles. The van der Waals surface area contributed by atoms with Gasteiger partial charge in [-0.25, -0.2) is 0 Å². The fourth-order valence-electron chi connectivity index (χ4n) is 6.49. The molecule has 0 bridgehead atoms. The number of carbonyl (C=O) groups excluding carboxylic acids is 3. The summed E-state index contributed by atoms with van der Waals surface area (Å²) >= 11 is 2.82. The largest absolute Gasteiger partial charge is 0.489 e. The Morgan fingerprint density at radius 1 is 0.839 bits per heavy atom. The van der Waals surface area contributed by atoms with Gasteiger partial charge in [0.25, 0.3) is 11.8 Å². The Hall–Kier alpha value is -6.41. The molecule has 0 aliphatic heterocycles. The molecule has 1 atom stereocenters. The molecule has 1 unspecified atom stereocenters. The number of amides is 3. The minimum absolute atomic E-state index is 0.0521. The molecule has 1 aliphatic rings. The van der Waals surface area contributed by atoms with E-state index in [0.29, 0.717) is 45.7 Å². The Labute approximate surface area is 334 Å². The highest BCUT2D eigenvalue weighted by Crippen LogP contribution is 2.42. The number of thioether (sulfide) groups is 1. The standard InChI is InChI=1S/C46H38N4O4S2/c47-28-40-39-24-21-35(33-13-6-2-7-14-33)26-42(39)56-46(40)50-43(51)30-55-38-18-10-17-36(27-38)48-45(53)41(49-44(52)34-15-8-3-9-16-34)25-31-19-22-37(23-20-31)54-29-32-11-4-1-5-12-32/h1-20,22-23,25,27,35H,21,24,26,29-30H2,(H,48,53)(H,49,52)(H,50,51)/b41-25-. The molecular formula is C46H38N4O4S2. The van der Waals surface area contributed by atoms with Crippen LogP contribution in [0.4, 0.5) is 10.7 Å². The van der Waals surface area contributed by atoms with Crippen LogP contribution in [-0.2, 0) is 29.0 Å². The lowest BCUT2D eigenvalue weighted by molar-refractivity contribution is -0.114. The van der Waals surface area contributed by atoms with Crippen molar-refractivity contribution in [3.05, 3.63) is 183 Å². The average Bonchev–Trinajstić information content (AvgIpc) is 3.59. The van der Waals surface area contributed by atoms with Crippen LogP contribution in [0.15, 0.2) is 150 Å². The number of nitrogens with zero attached hydrogens (tertiary/aromatic N) is 1. The summed E-state index contributed by atoms with van der Waals surface area (Å²) in [4.78, 5) is 42.0. The molecule has 56 heavy (non-hydrogen) atoms. The van der Waals surface area contributed by atoms with Crippen molar-refractivity contribution < 1.29 is 19.1 Å². The number of thiophene rings is 1. The number of benzene rings is 5. The van der Waals surface area contributed by atoms with Crippen molar-refractivity contribution in [1.82, 2.24) is 5.32 Å². The molecular weight excluding hydrogens is 737 g/mol. The van der Waals surface area contributed by atoms with E-state index >= 15 is 0 Å². The van der Waals surface area contributed by atoms with Crippen LogP contribution in [0.2, 0.25) is 0 Å². The van der Waals surface area contributed by atoms with Gasteiger partial charge in [0.1, 0.15) is 29.1 Å². The zero-order valence-electron chi connectivity index (χ0n) is 30.4. The van der Waals surface area contributed by atoms with Gasteiger partial charge in [-0.05, 0) is 96.0 Å². The highest BCUT2D eigenvalue weighted by atomic mass is 32.2. The zero-order valence-corrected chi connectivity index (χ0v) is 32.0. The first-order chi connectivity index (χ1) is 27.4. The van der Waals surface area contributed by atoms with Crippen LogP contribution in [0.1, 0.15) is 55.4 Å². The number of ether oxygens (including phenoxy) is 1. The van der Waals surface area contributed by atoms with Crippen molar-refractivity contribution >= 4 is 57.6 Å². The Morgan fingerprint density at radius 3 is 2.29 bits per heavy atom. The van der Waals surface area contributed by atoms with Crippen molar-refractivity contribution in [2.24, 2.45) is 0 Å². The van der Waals surface area contributed by atoms with Gasteiger partial charge in [-0.1, -0.05) is 97.1 Å². The predicted molar refractivity (Wildman–Crippen MR) is 224 cm³/mol. The third kappa shape index (κ3) is 9.82. The number of anilines is 2. The van der Waals surface area contributed by atoms with E-state index < -0.39 is 11.8 Å². The van der Waals surface area contributed by atoms with Gasteiger partial charge in [0, 0.05) is 21.0 Å². The van der Waals surface area contributed by atoms with Crippen LogP contribution in [-0.4, -0.2) is 23.5 Å². The van der Waals surface area contributed by atoms with Gasteiger partial charge in [0.05, 0.1) is 11.3 Å². The van der Waals surface area contributed by atoms with Crippen molar-refractivity contribution in [2.45, 2.75) is 36.7 Å². The molecule has 1 aromatic heterocycles. The Morgan fingerprint density at radius 2 is 1.55 bits per heavy atom. The summed E-state index contributed by atoms with van der Waals surface area (Å²) < 4.78 is 5.91. The number of fused-ring (bicyclic) bond motifs is 1. The second-order valence-corrected chi connectivity index (χ2v) is 15.4. The molecule has 3 amide bonds. The fraction of sp³-hybridized carbons (Fsp3) is 0.130. The summed E-state index contributed by atoms with van der Waals surface area (Å²) in [6.07, 6.45) is 4.24. The molecule has 0 spiro atoms. The summed E-state index contributed by atoms with van der Waals surface area (Å²) in [7, 11) is 0. The molecule has 0 saturated carbocycles. The maximum atomic E-state index is 13.7. The van der Waals surface area contributed by atoms with Crippen LogP contribution in [0, 0.1) is 11.3 Å². The lowest BCUT2D eigenvalue weighted by Gasteiger charge is -2.22. The molecule has 1 aliphatic carbocycles. The SMILES string of the molecule is N#Cc1c(NC(=O)CSc2cccc(NC(=O)/C(=C/c3ccc(OCc4ccccc4)cc3)NC(=O)c3ccccc3)c2)sc2c1CCC(c1ccccc1)C2. The van der Waals surface area contributed by atoms with Crippen molar-refractivity contribution in [3.63, 3.8) is 0 Å². The lowest BCUT2D eigenvalue weighted by Crippen LogP contribution is -2.30. The van der Waals surface area contributed by atoms with E-state index in [9.17, 15) is 19.6 Å². The predicted octanol–water partition coefficient (Wildman–Crippen LogP) is 9.61. The van der Waals surface area contributed by atoms with E-state index in [1.807, 2.05) is 72.8 Å². The number of carbonyl (C=O) groups is 3. The van der Waals surface area contributed by atoms with Gasteiger partial charge in [0.2, 0.25) is 5.91 Å². The van der Waals surface area contributed by atoms with E-state index in [1.165, 1.54) is 28.7 Å². The van der Waals surface area contributed by atoms with Crippen LogP contribution in [0.25, 0.3) is 6.08 Å². The van der Waals surface area contributed by atoms with Crippen LogP contribution < -0.4 is 20.7 Å². The van der Waals surface area contributed by atoms with Crippen molar-refractivity contribution in [3.8, 4) is 11.8 Å². The summed E-state index contributed by atoms with van der Waals surface area (Å²) in [5.41, 5.74) is 5.61. The molecule has 6 aromatic rings. The molecule has 0 fully saturated rings. The highest BCUT2D eigenvalue weighted by Gasteiger charge is 2.27. The molecule has 278 valence electrons. The number of hydrogen-bond acceptors (Lipinski definition) is 7. The molecule has 0 saturated heterocycles. The number of rotatable bonds is 13. The Kier molecular flexibility index (Phi) is 12.4. The summed E-state index contributed by atoms with van der Waals surface area (Å²) in [6.45, 7) is 0.424. The lowest BCUT2D eigenvalue weighted by atomic mass is 9.83. The second-order valence-electron chi connectivity index (χ2n) is 13.2. The molecule has 5 aromatic carbocycles. The van der Waals surface area contributed by atoms with Gasteiger partial charge < -0.3 is 20.7 Å². The first kappa shape index (κ1) is 37.9. The topological polar surface area (TPSA) is 120 Å². The average molecular weight is 775 g/mol. The fourth-order valence-corrected chi connectivity index (χ4v) is 8.53. The number of nitriles is 1. The van der Waals surface area contributed by atoms with Gasteiger partial charge in [0.15, 0.2) is 0 Å². The van der Waals surface area contributed by atoms with Gasteiger partial charge in [-0.3, -0.25) is 14.4 Å². The number of hydrogen-bond donors (Lipinski definition) is 3. The van der Waals surface area contributed by atoms with E-state index in [2.05, 4.69) is 46.3 Å². The minimum Gasteiger partial charge on any atom is -0.489 e. The first-order valence-electron chi connectivity index (χ1n) is 18.2. The van der Waals surface area contributed by atoms with Crippen LogP contribution >= 0.6 is 23.1 Å². The first-order valence-corrected chi connectivity index (χ1v) is 20.0. The van der Waals surface area contributed by atoms with E-state index in [-0.39, 0.29) is 17.4 Å². The van der Waals surface area contributed by atoms with Gasteiger partial charge in [-0.15, -0.1) is 23.1 Å². The molecule has 3 N–H and O–H groups in total. The van der Waals surface area contributed by atoms with Crippen molar-refractivity contribution in [1.29, 1.82) is 5.26 Å². The monoisotopic (exact) mass is 774 g/mol. The van der Waals surface area contributed by atoms with Crippen LogP contribution in [0.3, 0.4) is 0 Å². The highest BCUT2D eigenvalue weighted by molar-refractivity contribution is 8.00. The second kappa shape index (κ2) is 18.3. The summed E-state index contributed by atoms with van der Waals surface area (Å²) in [6, 6.07) is 45.7. The maximum Gasteiger partial charge on any atom is 0.272 e. The van der Waals surface area contributed by atoms with E-state index in [0.717, 1.165) is 40.2 Å². The maximum absolute atomic E-state index is 13.7. The quantitative estimate of drug-likeness (QED) is 0.0795. The van der Waals surface area contributed by atoms with Crippen molar-refractivity contribution in [2.75, 3.05) is 16.4 Å². The molecule has 0 radical (unpaired) electrons. The Bertz CT molecular complexity index is 2390. The van der Waals surface area contributed by atoms with E-state index in [1.54, 1.807) is 48.5 Å². The third-order valence-electron chi connectivity index (χ3n) is 9.33. The molecule has 10 heteroatoms. The third-order valence-corrected chi connectivity index (χ3v) is 11.5. The Balaban J connectivity index is 0.994. The smallest absolute Gasteiger partial charge is 0.272 e. The van der Waals surface area contributed by atoms with Gasteiger partial charge >= 0.3 is 0 Å². The van der Waals surface area contributed by atoms with E-state index in [4.69, 9.17) is 4.74 Å². The summed E-state index contributed by atoms with van der Waals surface area (Å²) in [5, 5.41) is 19.3. The molecule has 8 nitrogen and oxygen atoms in total. The minimum atomic E-state index is -0.515. The molecule has 7 rings (SSSR count). The van der Waals surface area contributed by atoms with Gasteiger partial charge in [-0.2, -0.15) is 5.26 Å². The summed E-state index contributed by atoms with van der Waals surface area (Å²) in [5.74, 6) is 0.0196. The zero-order chi connectivity index (χ0) is 38.7.